The van der Waals surface area contributed by atoms with E-state index in [2.05, 4.69) is 11.1 Å². The van der Waals surface area contributed by atoms with Gasteiger partial charge in [0.05, 0.1) is 0 Å². The molecule has 4 rings (SSSR count). The Hall–Kier alpha value is -0.920. The summed E-state index contributed by atoms with van der Waals surface area (Å²) in [5.74, 6) is 0.646. The van der Waals surface area contributed by atoms with Gasteiger partial charge in [0.2, 0.25) is 0 Å². The largest absolute Gasteiger partial charge is 1.00 e. The van der Waals surface area contributed by atoms with Crippen molar-refractivity contribution in [3.05, 3.63) is 41.5 Å². The average Bonchev–Trinajstić information content (AvgIpc) is 2.81. The van der Waals surface area contributed by atoms with E-state index in [0.717, 1.165) is 30.0 Å². The Labute approximate surface area is 169 Å². The van der Waals surface area contributed by atoms with E-state index < -0.39 is 10.4 Å². The number of carbonyl (C=O) groups excluding carboxylic acids is 1. The Kier molecular flexibility index (Phi) is 4.79. The predicted molar refractivity (Wildman–Crippen MR) is 87.7 cm³/mol. The molecule has 2 aliphatic carbocycles. The molecule has 0 heterocycles. The number of hydrogen-bond donors (Lipinski definition) is 0. The van der Waals surface area contributed by atoms with E-state index >= 15 is 0 Å². The topological polar surface area (TPSA) is 83.5 Å². The van der Waals surface area contributed by atoms with Crippen molar-refractivity contribution in [2.75, 3.05) is 0 Å². The van der Waals surface area contributed by atoms with Gasteiger partial charge >= 0.3 is 29.6 Å². The van der Waals surface area contributed by atoms with E-state index in [1.54, 1.807) is 12.1 Å². The minimum Gasteiger partial charge on any atom is -0.716 e. The number of benzene rings is 2. The molecule has 0 aromatic heterocycles. The van der Waals surface area contributed by atoms with Gasteiger partial charge in [-0.15, -0.1) is 0 Å². The number of rotatable bonds is 2. The fourth-order valence-corrected chi connectivity index (χ4v) is 4.77. The molecule has 1 fully saturated rings. The van der Waals surface area contributed by atoms with Crippen LogP contribution in [0.3, 0.4) is 0 Å². The smallest absolute Gasteiger partial charge is 0.716 e. The Morgan fingerprint density at radius 3 is 2.68 bits per heavy atom. The Morgan fingerprint density at radius 1 is 1.20 bits per heavy atom. The van der Waals surface area contributed by atoms with Crippen LogP contribution in [0, 0.1) is 5.41 Å². The molecule has 7 heteroatoms. The molecule has 0 saturated heterocycles. The van der Waals surface area contributed by atoms with Crippen LogP contribution in [0.4, 0.5) is 0 Å². The number of hydrogen-bond acceptors (Lipinski definition) is 5. The van der Waals surface area contributed by atoms with Gasteiger partial charge in [0.1, 0.15) is 11.5 Å². The van der Waals surface area contributed by atoms with Gasteiger partial charge < -0.3 is 8.74 Å². The summed E-state index contributed by atoms with van der Waals surface area (Å²) in [6.07, 6.45) is 3.21. The number of ketones is 1. The van der Waals surface area contributed by atoms with Gasteiger partial charge in [-0.05, 0) is 59.2 Å². The van der Waals surface area contributed by atoms with Crippen LogP contribution in [-0.4, -0.2) is 18.8 Å². The molecule has 1 saturated carbocycles. The van der Waals surface area contributed by atoms with Crippen molar-refractivity contribution in [3.63, 3.8) is 0 Å². The molecule has 0 aliphatic heterocycles. The zero-order valence-electron chi connectivity index (χ0n) is 14.2. The summed E-state index contributed by atoms with van der Waals surface area (Å²) in [5.41, 5.74) is 2.20. The van der Waals surface area contributed by atoms with Crippen LogP contribution in [0.2, 0.25) is 0 Å². The van der Waals surface area contributed by atoms with Gasteiger partial charge in [-0.3, -0.25) is 4.79 Å². The molecule has 0 bridgehead atoms. The van der Waals surface area contributed by atoms with Crippen LogP contribution < -0.4 is 33.7 Å². The van der Waals surface area contributed by atoms with E-state index in [1.807, 2.05) is 12.1 Å². The standard InChI is InChI=1S/C18H18O5S.Na/c1-18-9-8-14-13-5-3-12(23-24(20,21)22)10-11(13)2-4-15(14)16(18)6-7-17(18)19;/h2-5,10,16H,6-9H2,1H3,(H,20,21,22);/q;+1/p-1/t16-,18-;/m0./s1. The van der Waals surface area contributed by atoms with Gasteiger partial charge in [0.25, 0.3) is 10.4 Å². The number of Topliss-reactive ketones (excluding diaryl/α,β-unsaturated/α-hetero) is 1. The zero-order valence-corrected chi connectivity index (χ0v) is 17.1. The first-order valence-corrected chi connectivity index (χ1v) is 9.35. The van der Waals surface area contributed by atoms with Crippen molar-refractivity contribution in [2.45, 2.75) is 38.5 Å². The van der Waals surface area contributed by atoms with E-state index in [-0.39, 0.29) is 46.6 Å². The molecular formula is C18H17NaO5S. The van der Waals surface area contributed by atoms with Gasteiger partial charge in [0, 0.05) is 11.8 Å². The third kappa shape index (κ3) is 3.15. The molecular weight excluding hydrogens is 351 g/mol. The fourth-order valence-electron chi connectivity index (χ4n) is 4.44. The molecule has 0 unspecified atom stereocenters. The summed E-state index contributed by atoms with van der Waals surface area (Å²) in [6, 6.07) is 8.82. The second-order valence-electron chi connectivity index (χ2n) is 6.94. The van der Waals surface area contributed by atoms with E-state index in [0.29, 0.717) is 12.2 Å². The average molecular weight is 368 g/mol. The number of aryl methyl sites for hydroxylation is 1. The second kappa shape index (κ2) is 6.35. The number of fused-ring (bicyclic) bond motifs is 5. The van der Waals surface area contributed by atoms with Crippen LogP contribution >= 0.6 is 0 Å². The molecule has 0 N–H and O–H groups in total. The molecule has 25 heavy (non-hydrogen) atoms. The molecule has 0 radical (unpaired) electrons. The second-order valence-corrected chi connectivity index (χ2v) is 7.92. The predicted octanol–water partition coefficient (Wildman–Crippen LogP) is 0.0818. The van der Waals surface area contributed by atoms with Crippen molar-refractivity contribution in [1.82, 2.24) is 0 Å². The van der Waals surface area contributed by atoms with Gasteiger partial charge in [-0.1, -0.05) is 25.1 Å². The quantitative estimate of drug-likeness (QED) is 0.426. The monoisotopic (exact) mass is 368 g/mol. The van der Waals surface area contributed by atoms with Crippen molar-refractivity contribution in [3.8, 4) is 5.75 Å². The summed E-state index contributed by atoms with van der Waals surface area (Å²) in [4.78, 5) is 12.3. The first kappa shape index (κ1) is 18.9. The molecule has 2 aromatic carbocycles. The van der Waals surface area contributed by atoms with E-state index in [1.165, 1.54) is 17.2 Å². The molecule has 0 amide bonds. The molecule has 2 aromatic rings. The molecule has 2 atom stereocenters. The van der Waals surface area contributed by atoms with Crippen molar-refractivity contribution in [1.29, 1.82) is 0 Å². The zero-order chi connectivity index (χ0) is 17.1. The SMILES string of the molecule is C[C@]12CCc3c(ccc4cc(OS(=O)(=O)[O-])ccc34)[C@@H]1CCC2=O.[Na+]. The minimum atomic E-state index is -4.78. The minimum absolute atomic E-state index is 0. The first-order valence-electron chi connectivity index (χ1n) is 8.02. The molecule has 126 valence electrons. The fraction of sp³-hybridized carbons (Fsp3) is 0.389. The Morgan fingerprint density at radius 2 is 1.96 bits per heavy atom. The third-order valence-corrected chi connectivity index (χ3v) is 6.07. The number of carbonyl (C=O) groups is 1. The maximum absolute atomic E-state index is 12.3. The first-order chi connectivity index (χ1) is 11.3. The van der Waals surface area contributed by atoms with Crippen LogP contribution in [0.25, 0.3) is 10.8 Å². The van der Waals surface area contributed by atoms with Crippen LogP contribution in [-0.2, 0) is 21.6 Å². The van der Waals surface area contributed by atoms with Gasteiger partial charge in [-0.2, -0.15) is 0 Å². The van der Waals surface area contributed by atoms with Crippen LogP contribution in [0.1, 0.15) is 43.2 Å². The van der Waals surface area contributed by atoms with Crippen molar-refractivity contribution >= 4 is 27.0 Å². The third-order valence-electron chi connectivity index (χ3n) is 5.67. The van der Waals surface area contributed by atoms with Crippen molar-refractivity contribution < 1.29 is 51.5 Å². The van der Waals surface area contributed by atoms with Gasteiger partial charge in [-0.25, -0.2) is 8.42 Å². The molecule has 2 aliphatic rings. The Balaban J connectivity index is 0.00000182. The van der Waals surface area contributed by atoms with E-state index in [4.69, 9.17) is 0 Å². The summed E-state index contributed by atoms with van der Waals surface area (Å²) < 4.78 is 36.7. The maximum atomic E-state index is 12.3. The normalized spacial score (nSPS) is 25.2. The molecule has 5 nitrogen and oxygen atoms in total. The van der Waals surface area contributed by atoms with Crippen LogP contribution in [0.15, 0.2) is 30.3 Å². The van der Waals surface area contributed by atoms with Gasteiger partial charge in [0.15, 0.2) is 0 Å². The molecule has 0 spiro atoms. The Bertz CT molecular complexity index is 969. The van der Waals surface area contributed by atoms with Crippen LogP contribution in [0.5, 0.6) is 5.75 Å². The maximum Gasteiger partial charge on any atom is 1.00 e. The summed E-state index contributed by atoms with van der Waals surface area (Å²) >= 11 is 0. The summed E-state index contributed by atoms with van der Waals surface area (Å²) in [6.45, 7) is 2.08. The summed E-state index contributed by atoms with van der Waals surface area (Å²) in [5, 5.41) is 1.87. The van der Waals surface area contributed by atoms with E-state index in [9.17, 15) is 17.8 Å². The van der Waals surface area contributed by atoms with Crippen molar-refractivity contribution in [2.24, 2.45) is 5.41 Å². The summed E-state index contributed by atoms with van der Waals surface area (Å²) in [7, 11) is -4.78.